The lowest BCUT2D eigenvalue weighted by atomic mass is 9.87. The third-order valence-corrected chi connectivity index (χ3v) is 6.58. The molecule has 1 saturated heterocycles. The highest BCUT2D eigenvalue weighted by Crippen LogP contribution is 2.46. The van der Waals surface area contributed by atoms with Gasteiger partial charge in [0, 0.05) is 31.0 Å². The van der Waals surface area contributed by atoms with Crippen molar-refractivity contribution in [3.63, 3.8) is 0 Å². The Morgan fingerprint density at radius 3 is 2.40 bits per heavy atom. The van der Waals surface area contributed by atoms with E-state index >= 15 is 0 Å². The van der Waals surface area contributed by atoms with Gasteiger partial charge in [0.2, 0.25) is 0 Å². The van der Waals surface area contributed by atoms with E-state index < -0.39 is 17.7 Å². The molecule has 7 nitrogen and oxygen atoms in total. The minimum absolute atomic E-state index is 0.148. The fourth-order valence-corrected chi connectivity index (χ4v) is 4.52. The molecule has 2 aromatic rings. The van der Waals surface area contributed by atoms with E-state index in [4.69, 9.17) is 30.6 Å². The average molecular weight is 500 g/mol. The van der Waals surface area contributed by atoms with Crippen LogP contribution in [0.2, 0.25) is 5.02 Å². The van der Waals surface area contributed by atoms with Crippen LogP contribution in [0.5, 0.6) is 0 Å². The molecule has 2 aliphatic rings. The summed E-state index contributed by atoms with van der Waals surface area (Å²) in [5.74, 6) is -0.156. The van der Waals surface area contributed by atoms with Crippen LogP contribution >= 0.6 is 11.6 Å². The largest absolute Gasteiger partial charge is 0.513 e. The molecular weight excluding hydrogens is 470 g/mol. The predicted molar refractivity (Wildman–Crippen MR) is 132 cm³/mol. The molecule has 0 radical (unpaired) electrons. The summed E-state index contributed by atoms with van der Waals surface area (Å²) in [6.45, 7) is 7.05. The highest BCUT2D eigenvalue weighted by Gasteiger charge is 2.52. The first-order valence-electron chi connectivity index (χ1n) is 11.7. The normalized spacial score (nSPS) is 17.7. The number of hydroxylamine groups is 2. The highest BCUT2D eigenvalue weighted by molar-refractivity contribution is 6.30. The first kappa shape index (κ1) is 25.2. The van der Waals surface area contributed by atoms with Gasteiger partial charge in [0.1, 0.15) is 5.57 Å². The van der Waals surface area contributed by atoms with Gasteiger partial charge >= 0.3 is 12.1 Å². The Kier molecular flexibility index (Phi) is 7.50. The maximum atomic E-state index is 13.3. The highest BCUT2D eigenvalue weighted by atomic mass is 35.5. The lowest BCUT2D eigenvalue weighted by Gasteiger charge is -2.37. The molecule has 0 bridgehead atoms. The van der Waals surface area contributed by atoms with Gasteiger partial charge in [-0.3, -0.25) is 0 Å². The molecule has 0 N–H and O–H groups in total. The Morgan fingerprint density at radius 1 is 1.11 bits per heavy atom. The summed E-state index contributed by atoms with van der Waals surface area (Å²) in [6, 6.07) is 13.3. The molecule has 0 saturated carbocycles. The first-order chi connectivity index (χ1) is 16.7. The van der Waals surface area contributed by atoms with Gasteiger partial charge in [-0.1, -0.05) is 49.7 Å². The molecule has 35 heavy (non-hydrogen) atoms. The van der Waals surface area contributed by atoms with E-state index in [1.165, 1.54) is 0 Å². The van der Waals surface area contributed by atoms with Gasteiger partial charge in [-0.15, -0.1) is 0 Å². The number of carbonyl (C=O) groups excluding carboxylic acids is 2. The lowest BCUT2D eigenvalue weighted by molar-refractivity contribution is -0.183. The van der Waals surface area contributed by atoms with Gasteiger partial charge in [-0.05, 0) is 53.3 Å². The molecule has 186 valence electrons. The van der Waals surface area contributed by atoms with Crippen LogP contribution in [0.15, 0.2) is 48.2 Å². The number of ether oxygens (including phenoxy) is 3. The van der Waals surface area contributed by atoms with E-state index in [1.807, 2.05) is 63.2 Å². The van der Waals surface area contributed by atoms with Crippen molar-refractivity contribution in [2.75, 3.05) is 26.8 Å². The lowest BCUT2D eigenvalue weighted by Crippen LogP contribution is -2.46. The Bertz CT molecular complexity index is 1130. The van der Waals surface area contributed by atoms with Crippen molar-refractivity contribution in [2.45, 2.75) is 39.2 Å². The number of benzene rings is 2. The Balaban J connectivity index is 1.78. The van der Waals surface area contributed by atoms with Crippen LogP contribution in [0.4, 0.5) is 4.79 Å². The maximum absolute atomic E-state index is 13.3. The molecule has 0 atom stereocenters. The number of hydrogen-bond acceptors (Lipinski definition) is 7. The van der Waals surface area contributed by atoms with Gasteiger partial charge in [0.05, 0.1) is 13.7 Å². The van der Waals surface area contributed by atoms with E-state index in [-0.39, 0.29) is 23.9 Å². The van der Waals surface area contributed by atoms with Crippen molar-refractivity contribution >= 4 is 29.3 Å². The number of aryl methyl sites for hydroxylation is 1. The third-order valence-electron chi connectivity index (χ3n) is 6.33. The van der Waals surface area contributed by atoms with Crippen molar-refractivity contribution in [3.05, 3.63) is 64.4 Å². The topological polar surface area (TPSA) is 74.3 Å². The predicted octanol–water partition coefficient (Wildman–Crippen LogP) is 5.79. The molecular formula is C27H30ClNO6. The summed E-state index contributed by atoms with van der Waals surface area (Å²) in [7, 11) is 1.60. The average Bonchev–Trinajstić information content (AvgIpc) is 3.09. The van der Waals surface area contributed by atoms with Gasteiger partial charge in [-0.2, -0.15) is 5.06 Å². The number of piperidine rings is 1. The number of halogens is 1. The molecule has 2 aliphatic heterocycles. The van der Waals surface area contributed by atoms with Gasteiger partial charge in [-0.25, -0.2) is 9.59 Å². The summed E-state index contributed by atoms with van der Waals surface area (Å²) >= 11 is 6.05. The van der Waals surface area contributed by atoms with Crippen molar-refractivity contribution < 1.29 is 28.6 Å². The fourth-order valence-electron chi connectivity index (χ4n) is 4.39. The van der Waals surface area contributed by atoms with E-state index in [0.717, 1.165) is 16.7 Å². The van der Waals surface area contributed by atoms with E-state index in [9.17, 15) is 9.59 Å². The summed E-state index contributed by atoms with van der Waals surface area (Å²) in [5, 5.41) is 2.43. The Morgan fingerprint density at radius 2 is 1.77 bits per heavy atom. The zero-order chi connectivity index (χ0) is 25.2. The maximum Gasteiger partial charge on any atom is 0.513 e. The number of nitrogens with zero attached hydrogens (tertiary/aromatic N) is 1. The molecule has 0 aliphatic carbocycles. The molecule has 4 rings (SSSR count). The molecule has 2 heterocycles. The summed E-state index contributed by atoms with van der Waals surface area (Å²) in [4.78, 5) is 31.3. The quantitative estimate of drug-likeness (QED) is 0.466. The van der Waals surface area contributed by atoms with Crippen LogP contribution in [-0.4, -0.2) is 49.6 Å². The molecule has 0 unspecified atom stereocenters. The van der Waals surface area contributed by atoms with Crippen LogP contribution in [0.3, 0.4) is 0 Å². The van der Waals surface area contributed by atoms with E-state index in [0.29, 0.717) is 36.5 Å². The summed E-state index contributed by atoms with van der Waals surface area (Å²) in [6.07, 6.45) is 0.0157. The van der Waals surface area contributed by atoms with E-state index in [1.54, 1.807) is 12.2 Å². The van der Waals surface area contributed by atoms with Gasteiger partial charge < -0.3 is 19.0 Å². The number of hydrogen-bond donors (Lipinski definition) is 0. The number of rotatable bonds is 6. The minimum Gasteiger partial charge on any atom is -0.447 e. The second-order valence-electron chi connectivity index (χ2n) is 9.29. The fraction of sp³-hybridized carbons (Fsp3) is 0.407. The summed E-state index contributed by atoms with van der Waals surface area (Å²) in [5.41, 5.74) is 2.56. The van der Waals surface area contributed by atoms with Crippen LogP contribution in [0.25, 0.3) is 16.7 Å². The van der Waals surface area contributed by atoms with Crippen molar-refractivity contribution in [2.24, 2.45) is 5.92 Å². The van der Waals surface area contributed by atoms with Crippen LogP contribution in [0, 0.1) is 12.8 Å². The van der Waals surface area contributed by atoms with Crippen LogP contribution in [-0.2, 0) is 23.8 Å². The molecule has 0 amide bonds. The molecule has 8 heteroatoms. The monoisotopic (exact) mass is 499 g/mol. The zero-order valence-corrected chi connectivity index (χ0v) is 21.2. The van der Waals surface area contributed by atoms with Gasteiger partial charge in [0.15, 0.2) is 11.4 Å². The molecule has 0 aromatic heterocycles. The SMILES string of the molecule is CON1CCC2(CC1)OC(=O)C(c1cc(-c3ccc(Cl)cc3)ccc1C)=C2OC(=O)OCC(C)C. The smallest absolute Gasteiger partial charge is 0.447 e. The second-order valence-corrected chi connectivity index (χ2v) is 9.73. The first-order valence-corrected chi connectivity index (χ1v) is 12.1. The minimum atomic E-state index is -1.05. The summed E-state index contributed by atoms with van der Waals surface area (Å²) < 4.78 is 17.0. The second kappa shape index (κ2) is 10.4. The van der Waals surface area contributed by atoms with Crippen molar-refractivity contribution in [1.82, 2.24) is 5.06 Å². The van der Waals surface area contributed by atoms with Crippen molar-refractivity contribution in [3.8, 4) is 11.1 Å². The third kappa shape index (κ3) is 5.37. The molecule has 1 spiro atoms. The van der Waals surface area contributed by atoms with E-state index in [2.05, 4.69) is 0 Å². The Labute approximate surface area is 210 Å². The number of esters is 1. The molecule has 1 fully saturated rings. The number of carbonyl (C=O) groups is 2. The zero-order valence-electron chi connectivity index (χ0n) is 20.4. The Hall–Kier alpha value is -2.87. The standard InChI is InChI=1S/C27H30ClNO6/c1-17(2)16-33-26(31)34-24-23(25(30)35-27(24)11-13-29(32-4)14-12-27)22-15-20(6-5-18(22)3)19-7-9-21(28)10-8-19/h5-10,15,17H,11-14,16H2,1-4H3. The molecule has 2 aromatic carbocycles. The van der Waals surface area contributed by atoms with Crippen molar-refractivity contribution in [1.29, 1.82) is 0 Å². The van der Waals surface area contributed by atoms with Crippen LogP contribution < -0.4 is 0 Å². The van der Waals surface area contributed by atoms with Crippen LogP contribution in [0.1, 0.15) is 37.8 Å². The van der Waals surface area contributed by atoms with Gasteiger partial charge in [0.25, 0.3) is 0 Å².